The zero-order valence-corrected chi connectivity index (χ0v) is 15.0. The molecule has 2 aliphatic rings. The summed E-state index contributed by atoms with van der Waals surface area (Å²) in [5, 5.41) is 0. The molecule has 1 aromatic carbocycles. The molecule has 5 heteroatoms. The number of nitrogens with two attached hydrogens (primary N) is 1. The van der Waals surface area contributed by atoms with Crippen LogP contribution in [0.3, 0.4) is 0 Å². The molecule has 1 unspecified atom stereocenters. The summed E-state index contributed by atoms with van der Waals surface area (Å²) in [5.41, 5.74) is 6.59. The first-order valence-corrected chi connectivity index (χ1v) is 9.98. The molecule has 130 valence electrons. The second-order valence-corrected chi connectivity index (χ2v) is 8.29. The van der Waals surface area contributed by atoms with Crippen LogP contribution in [0.25, 0.3) is 0 Å². The summed E-state index contributed by atoms with van der Waals surface area (Å²) in [6.07, 6.45) is 11.0. The predicted octanol–water partition coefficient (Wildman–Crippen LogP) is 2.49. The van der Waals surface area contributed by atoms with Gasteiger partial charge in [-0.15, -0.1) is 12.3 Å². The fourth-order valence-electron chi connectivity index (χ4n) is 3.84. The van der Waals surface area contributed by atoms with Gasteiger partial charge in [0, 0.05) is 31.2 Å². The molecular weight excluding hydrogens is 318 g/mol. The number of likely N-dealkylation sites (tertiary alicyclic amines) is 1. The number of benzene rings is 1. The number of nitrogen functional groups attached to an aromatic ring is 1. The molecule has 1 atom stereocenters. The van der Waals surface area contributed by atoms with Crippen molar-refractivity contribution in [2.75, 3.05) is 31.9 Å². The number of nitrogens with zero attached hydrogens (tertiary/aromatic N) is 2. The van der Waals surface area contributed by atoms with E-state index in [1.807, 2.05) is 24.3 Å². The van der Waals surface area contributed by atoms with Crippen molar-refractivity contribution in [2.24, 2.45) is 5.92 Å². The van der Waals surface area contributed by atoms with Crippen LogP contribution in [0, 0.1) is 18.3 Å². The van der Waals surface area contributed by atoms with E-state index in [1.165, 1.54) is 12.8 Å². The molecule has 2 fully saturated rings. The van der Waals surface area contributed by atoms with Crippen LogP contribution in [0.15, 0.2) is 29.2 Å². The predicted molar refractivity (Wildman–Crippen MR) is 99.6 cm³/mol. The fourth-order valence-corrected chi connectivity index (χ4v) is 5.13. The van der Waals surface area contributed by atoms with E-state index in [1.54, 1.807) is 0 Å². The van der Waals surface area contributed by atoms with Crippen molar-refractivity contribution in [3.63, 3.8) is 0 Å². The molecular formula is C19H27N3OS. The number of hydrogen-bond donors (Lipinski definition) is 1. The molecule has 4 nitrogen and oxygen atoms in total. The van der Waals surface area contributed by atoms with E-state index in [0.717, 1.165) is 50.3 Å². The van der Waals surface area contributed by atoms with E-state index in [4.69, 9.17) is 12.2 Å². The Bertz CT molecular complexity index is 611. The lowest BCUT2D eigenvalue weighted by atomic mass is 9.92. The van der Waals surface area contributed by atoms with Gasteiger partial charge in [0.2, 0.25) is 0 Å². The summed E-state index contributed by atoms with van der Waals surface area (Å²) >= 11 is 0. The normalized spacial score (nSPS) is 23.0. The molecule has 24 heavy (non-hydrogen) atoms. The Morgan fingerprint density at radius 3 is 2.42 bits per heavy atom. The maximum absolute atomic E-state index is 12.7. The van der Waals surface area contributed by atoms with Crippen molar-refractivity contribution in [1.29, 1.82) is 0 Å². The number of para-hydroxylation sites is 1. The Kier molecular flexibility index (Phi) is 5.94. The summed E-state index contributed by atoms with van der Waals surface area (Å²) in [5.74, 6) is 3.51. The van der Waals surface area contributed by atoms with Gasteiger partial charge in [0.05, 0.1) is 4.90 Å². The lowest BCUT2D eigenvalue weighted by molar-refractivity contribution is 0.0991. The molecule has 0 amide bonds. The van der Waals surface area contributed by atoms with Crippen LogP contribution < -0.4 is 5.73 Å². The highest BCUT2D eigenvalue weighted by Gasteiger charge is 2.30. The number of piperidine rings is 2. The number of terminal acetylenes is 1. The Labute approximate surface area is 148 Å². The minimum atomic E-state index is -1.14. The summed E-state index contributed by atoms with van der Waals surface area (Å²) in [4.78, 5) is 3.36. The van der Waals surface area contributed by atoms with Gasteiger partial charge in [-0.2, -0.15) is 0 Å². The molecule has 2 saturated heterocycles. The average molecular weight is 346 g/mol. The highest BCUT2D eigenvalue weighted by Crippen LogP contribution is 2.27. The fraction of sp³-hybridized carbons (Fsp3) is 0.579. The van der Waals surface area contributed by atoms with Crippen LogP contribution in [0.2, 0.25) is 0 Å². The molecule has 0 aliphatic carbocycles. The van der Waals surface area contributed by atoms with Gasteiger partial charge < -0.3 is 10.6 Å². The third-order valence-corrected chi connectivity index (χ3v) is 6.92. The largest absolute Gasteiger partial charge is 0.398 e. The van der Waals surface area contributed by atoms with E-state index < -0.39 is 11.0 Å². The van der Waals surface area contributed by atoms with Gasteiger partial charge in [-0.05, 0) is 56.8 Å². The monoisotopic (exact) mass is 345 g/mol. The minimum Gasteiger partial charge on any atom is -0.398 e. The van der Waals surface area contributed by atoms with Crippen molar-refractivity contribution in [3.05, 3.63) is 24.3 Å². The second kappa shape index (κ2) is 8.15. The molecule has 0 radical (unpaired) electrons. The van der Waals surface area contributed by atoms with Crippen LogP contribution in [-0.2, 0) is 11.0 Å². The molecule has 0 saturated carbocycles. The average Bonchev–Trinajstić information content (AvgIpc) is 2.63. The van der Waals surface area contributed by atoms with Crippen LogP contribution >= 0.6 is 0 Å². The van der Waals surface area contributed by atoms with E-state index in [9.17, 15) is 4.21 Å². The summed E-state index contributed by atoms with van der Waals surface area (Å²) < 4.78 is 14.8. The lowest BCUT2D eigenvalue weighted by Gasteiger charge is -2.41. The number of anilines is 1. The number of hydrogen-bond acceptors (Lipinski definition) is 3. The molecule has 3 rings (SSSR count). The molecule has 1 aromatic rings. The summed E-state index contributed by atoms with van der Waals surface area (Å²) in [6, 6.07) is 8.09. The smallest absolute Gasteiger partial charge is 0.129 e. The van der Waals surface area contributed by atoms with Crippen LogP contribution in [0.5, 0.6) is 0 Å². The summed E-state index contributed by atoms with van der Waals surface area (Å²) in [7, 11) is -1.14. The van der Waals surface area contributed by atoms with Crippen LogP contribution in [0.4, 0.5) is 5.69 Å². The molecule has 0 spiro atoms. The lowest BCUT2D eigenvalue weighted by Crippen LogP contribution is -2.48. The minimum absolute atomic E-state index is 0.619. The van der Waals surface area contributed by atoms with Gasteiger partial charge in [-0.1, -0.05) is 12.1 Å². The Balaban J connectivity index is 1.51. The Hall–Kier alpha value is -1.35. The third kappa shape index (κ3) is 4.00. The summed E-state index contributed by atoms with van der Waals surface area (Å²) in [6.45, 7) is 4.06. The second-order valence-electron chi connectivity index (χ2n) is 6.83. The maximum Gasteiger partial charge on any atom is 0.129 e. The Morgan fingerprint density at radius 1 is 1.12 bits per heavy atom. The molecule has 0 bridgehead atoms. The first-order chi connectivity index (χ1) is 11.7. The molecule has 2 aliphatic heterocycles. The molecule has 2 N–H and O–H groups in total. The quantitative estimate of drug-likeness (QED) is 0.674. The number of rotatable bonds is 4. The van der Waals surface area contributed by atoms with Crippen molar-refractivity contribution >= 4 is 16.7 Å². The van der Waals surface area contributed by atoms with Crippen molar-refractivity contribution in [3.8, 4) is 12.3 Å². The van der Waals surface area contributed by atoms with Crippen molar-refractivity contribution in [2.45, 2.75) is 43.0 Å². The first kappa shape index (κ1) is 17.5. The Morgan fingerprint density at radius 2 is 1.79 bits per heavy atom. The SMILES string of the molecule is C#CCC1CCN(C2CCN(S(=O)c3ccccc3N)CC2)CC1. The van der Waals surface area contributed by atoms with Crippen LogP contribution in [0.1, 0.15) is 32.1 Å². The van der Waals surface area contributed by atoms with Gasteiger partial charge in [-0.3, -0.25) is 0 Å². The van der Waals surface area contributed by atoms with E-state index in [2.05, 4.69) is 15.1 Å². The van der Waals surface area contributed by atoms with Gasteiger partial charge in [0.1, 0.15) is 11.0 Å². The molecule has 2 heterocycles. The third-order valence-electron chi connectivity index (χ3n) is 5.34. The topological polar surface area (TPSA) is 49.6 Å². The maximum atomic E-state index is 12.7. The first-order valence-electron chi connectivity index (χ1n) is 8.88. The van der Waals surface area contributed by atoms with E-state index in [0.29, 0.717) is 17.6 Å². The van der Waals surface area contributed by atoms with Crippen LogP contribution in [-0.4, -0.2) is 45.6 Å². The zero-order chi connectivity index (χ0) is 16.9. The highest BCUT2D eigenvalue weighted by molar-refractivity contribution is 7.82. The zero-order valence-electron chi connectivity index (χ0n) is 14.2. The van der Waals surface area contributed by atoms with Gasteiger partial charge >= 0.3 is 0 Å². The van der Waals surface area contributed by atoms with Crippen molar-refractivity contribution < 1.29 is 4.21 Å². The van der Waals surface area contributed by atoms with E-state index in [-0.39, 0.29) is 0 Å². The van der Waals surface area contributed by atoms with Crippen molar-refractivity contribution in [1.82, 2.24) is 9.21 Å². The van der Waals surface area contributed by atoms with E-state index >= 15 is 0 Å². The van der Waals surface area contributed by atoms with Gasteiger partial charge in [-0.25, -0.2) is 8.51 Å². The van der Waals surface area contributed by atoms with Gasteiger partial charge in [0.25, 0.3) is 0 Å². The standard InChI is InChI=1S/C19H27N3OS/c1-2-5-16-8-12-21(13-9-16)17-10-14-22(15-11-17)24(23)19-7-4-3-6-18(19)20/h1,3-4,6-7,16-17H,5,8-15,20H2. The highest BCUT2D eigenvalue weighted by atomic mass is 32.2. The molecule has 0 aromatic heterocycles. The van der Waals surface area contributed by atoms with Gasteiger partial charge in [0.15, 0.2) is 0 Å².